The van der Waals surface area contributed by atoms with Crippen molar-refractivity contribution in [3.8, 4) is 5.75 Å². The number of hydrogen-bond acceptors (Lipinski definition) is 4. The van der Waals surface area contributed by atoms with Crippen LogP contribution < -0.4 is 4.74 Å². The van der Waals surface area contributed by atoms with Crippen molar-refractivity contribution in [2.75, 3.05) is 40.5 Å². The van der Waals surface area contributed by atoms with Crippen molar-refractivity contribution in [3.63, 3.8) is 0 Å². The van der Waals surface area contributed by atoms with Crippen LogP contribution in [0.15, 0.2) is 24.3 Å². The number of rotatable bonds is 7. The van der Waals surface area contributed by atoms with Crippen LogP contribution in [0.5, 0.6) is 5.75 Å². The number of benzene rings is 1. The SMILES string of the molecule is CCC(c1cccc(OC)c1)N(C)CC1(CO)COC1. The number of aliphatic hydroxyl groups is 1. The molecule has 1 aromatic rings. The molecule has 0 aromatic heterocycles. The second-order valence-electron chi connectivity index (χ2n) is 5.77. The van der Waals surface area contributed by atoms with E-state index < -0.39 is 0 Å². The largest absolute Gasteiger partial charge is 0.497 e. The molecular formula is C16H25NO3. The van der Waals surface area contributed by atoms with Crippen LogP contribution in [0.3, 0.4) is 0 Å². The summed E-state index contributed by atoms with van der Waals surface area (Å²) in [5, 5.41) is 9.57. The van der Waals surface area contributed by atoms with Crippen molar-refractivity contribution in [2.45, 2.75) is 19.4 Å². The second kappa shape index (κ2) is 6.57. The lowest BCUT2D eigenvalue weighted by Crippen LogP contribution is -2.53. The van der Waals surface area contributed by atoms with Crippen molar-refractivity contribution >= 4 is 0 Å². The quantitative estimate of drug-likeness (QED) is 0.830. The molecule has 1 aromatic carbocycles. The van der Waals surface area contributed by atoms with Gasteiger partial charge in [-0.05, 0) is 31.2 Å². The van der Waals surface area contributed by atoms with Gasteiger partial charge in [0.25, 0.3) is 0 Å². The molecule has 0 amide bonds. The van der Waals surface area contributed by atoms with E-state index in [-0.39, 0.29) is 12.0 Å². The van der Waals surface area contributed by atoms with Gasteiger partial charge in [0, 0.05) is 12.6 Å². The van der Waals surface area contributed by atoms with Crippen LogP contribution in [-0.4, -0.2) is 50.5 Å². The van der Waals surface area contributed by atoms with Crippen LogP contribution in [0, 0.1) is 5.41 Å². The molecule has 1 fully saturated rings. The standard InChI is InChI=1S/C16H25NO3/c1-4-15(13-6-5-7-14(8-13)19-3)17(2)9-16(10-18)11-20-12-16/h5-8,15,18H,4,9-12H2,1-3H3. The van der Waals surface area contributed by atoms with Gasteiger partial charge in [-0.25, -0.2) is 0 Å². The Balaban J connectivity index is 2.10. The zero-order valence-corrected chi connectivity index (χ0v) is 12.6. The molecule has 0 radical (unpaired) electrons. The smallest absolute Gasteiger partial charge is 0.119 e. The Morgan fingerprint density at radius 3 is 2.70 bits per heavy atom. The number of nitrogens with zero attached hydrogens (tertiary/aromatic N) is 1. The topological polar surface area (TPSA) is 41.9 Å². The third-order valence-electron chi connectivity index (χ3n) is 4.13. The highest BCUT2D eigenvalue weighted by Gasteiger charge is 2.40. The van der Waals surface area contributed by atoms with E-state index in [1.165, 1.54) is 5.56 Å². The van der Waals surface area contributed by atoms with Gasteiger partial charge in [-0.15, -0.1) is 0 Å². The maximum Gasteiger partial charge on any atom is 0.119 e. The number of ether oxygens (including phenoxy) is 2. The van der Waals surface area contributed by atoms with E-state index in [1.807, 2.05) is 12.1 Å². The minimum atomic E-state index is -0.0823. The molecule has 1 atom stereocenters. The molecule has 0 bridgehead atoms. The van der Waals surface area contributed by atoms with Gasteiger partial charge in [0.15, 0.2) is 0 Å². The lowest BCUT2D eigenvalue weighted by atomic mass is 9.85. The second-order valence-corrected chi connectivity index (χ2v) is 5.77. The number of methoxy groups -OCH3 is 1. The third-order valence-corrected chi connectivity index (χ3v) is 4.13. The van der Waals surface area contributed by atoms with Crippen molar-refractivity contribution in [2.24, 2.45) is 5.41 Å². The Labute approximate surface area is 121 Å². The predicted molar refractivity (Wildman–Crippen MR) is 79.0 cm³/mol. The molecular weight excluding hydrogens is 254 g/mol. The normalized spacial score (nSPS) is 18.6. The molecule has 1 unspecified atom stereocenters. The molecule has 1 N–H and O–H groups in total. The Morgan fingerprint density at radius 1 is 1.45 bits per heavy atom. The van der Waals surface area contributed by atoms with E-state index in [1.54, 1.807) is 7.11 Å². The zero-order valence-electron chi connectivity index (χ0n) is 12.6. The van der Waals surface area contributed by atoms with Gasteiger partial charge >= 0.3 is 0 Å². The Morgan fingerprint density at radius 2 is 2.20 bits per heavy atom. The van der Waals surface area contributed by atoms with Crippen molar-refractivity contribution < 1.29 is 14.6 Å². The molecule has 4 nitrogen and oxygen atoms in total. The van der Waals surface area contributed by atoms with E-state index in [9.17, 15) is 5.11 Å². The molecule has 1 aliphatic heterocycles. The first kappa shape index (κ1) is 15.3. The highest BCUT2D eigenvalue weighted by Crippen LogP contribution is 2.32. The fourth-order valence-corrected chi connectivity index (χ4v) is 2.91. The van der Waals surface area contributed by atoms with E-state index in [4.69, 9.17) is 9.47 Å². The van der Waals surface area contributed by atoms with Crippen LogP contribution in [0.2, 0.25) is 0 Å². The van der Waals surface area contributed by atoms with Crippen molar-refractivity contribution in [1.82, 2.24) is 4.90 Å². The molecule has 0 aliphatic carbocycles. The monoisotopic (exact) mass is 279 g/mol. The van der Waals surface area contributed by atoms with Gasteiger partial charge in [-0.3, -0.25) is 4.90 Å². The van der Waals surface area contributed by atoms with Gasteiger partial charge < -0.3 is 14.6 Å². The molecule has 0 saturated carbocycles. The van der Waals surface area contributed by atoms with E-state index in [0.717, 1.165) is 18.7 Å². The minimum Gasteiger partial charge on any atom is -0.497 e. The fraction of sp³-hybridized carbons (Fsp3) is 0.625. The molecule has 4 heteroatoms. The maximum atomic E-state index is 9.57. The lowest BCUT2D eigenvalue weighted by Gasteiger charge is -2.44. The predicted octanol–water partition coefficient (Wildman–Crippen LogP) is 2.09. The summed E-state index contributed by atoms with van der Waals surface area (Å²) in [6.45, 7) is 4.53. The summed E-state index contributed by atoms with van der Waals surface area (Å²) >= 11 is 0. The summed E-state index contributed by atoms with van der Waals surface area (Å²) in [6.07, 6.45) is 1.02. The number of hydrogen-bond donors (Lipinski definition) is 1. The first-order valence-electron chi connectivity index (χ1n) is 7.17. The highest BCUT2D eigenvalue weighted by molar-refractivity contribution is 5.30. The highest BCUT2D eigenvalue weighted by atomic mass is 16.5. The summed E-state index contributed by atoms with van der Waals surface area (Å²) in [5.41, 5.74) is 1.17. The molecule has 20 heavy (non-hydrogen) atoms. The molecule has 1 aliphatic rings. The summed E-state index contributed by atoms with van der Waals surface area (Å²) in [5.74, 6) is 0.887. The summed E-state index contributed by atoms with van der Waals surface area (Å²) in [6, 6.07) is 8.54. The van der Waals surface area contributed by atoms with Crippen LogP contribution in [0.4, 0.5) is 0 Å². The molecule has 1 saturated heterocycles. The number of aliphatic hydroxyl groups excluding tert-OH is 1. The van der Waals surface area contributed by atoms with E-state index >= 15 is 0 Å². The first-order chi connectivity index (χ1) is 9.64. The van der Waals surface area contributed by atoms with E-state index in [0.29, 0.717) is 19.3 Å². The Bertz CT molecular complexity index is 426. The summed E-state index contributed by atoms with van der Waals surface area (Å²) in [4.78, 5) is 2.31. The molecule has 112 valence electrons. The average Bonchev–Trinajstić information content (AvgIpc) is 2.44. The average molecular weight is 279 g/mol. The summed E-state index contributed by atoms with van der Waals surface area (Å²) in [7, 11) is 3.81. The molecule has 1 heterocycles. The molecule has 2 rings (SSSR count). The lowest BCUT2D eigenvalue weighted by molar-refractivity contribution is -0.149. The molecule has 0 spiro atoms. The van der Waals surface area contributed by atoms with Gasteiger partial charge in [-0.2, -0.15) is 0 Å². The van der Waals surface area contributed by atoms with E-state index in [2.05, 4.69) is 31.0 Å². The van der Waals surface area contributed by atoms with Crippen LogP contribution in [-0.2, 0) is 4.74 Å². The Kier molecular flexibility index (Phi) is 5.02. The Hall–Kier alpha value is -1.10. The zero-order chi connectivity index (χ0) is 14.6. The third kappa shape index (κ3) is 3.14. The van der Waals surface area contributed by atoms with Crippen LogP contribution in [0.1, 0.15) is 24.9 Å². The first-order valence-corrected chi connectivity index (χ1v) is 7.17. The van der Waals surface area contributed by atoms with Crippen molar-refractivity contribution in [1.29, 1.82) is 0 Å². The van der Waals surface area contributed by atoms with Gasteiger partial charge in [0.1, 0.15) is 5.75 Å². The van der Waals surface area contributed by atoms with Crippen LogP contribution >= 0.6 is 0 Å². The summed E-state index contributed by atoms with van der Waals surface area (Å²) < 4.78 is 10.6. The van der Waals surface area contributed by atoms with Gasteiger partial charge in [0.05, 0.1) is 32.3 Å². The van der Waals surface area contributed by atoms with Gasteiger partial charge in [-0.1, -0.05) is 19.1 Å². The van der Waals surface area contributed by atoms with Gasteiger partial charge in [0.2, 0.25) is 0 Å². The minimum absolute atomic E-state index is 0.0823. The van der Waals surface area contributed by atoms with Crippen molar-refractivity contribution in [3.05, 3.63) is 29.8 Å². The maximum absolute atomic E-state index is 9.57. The fourth-order valence-electron chi connectivity index (χ4n) is 2.91. The van der Waals surface area contributed by atoms with Crippen LogP contribution in [0.25, 0.3) is 0 Å².